The van der Waals surface area contributed by atoms with Crippen LogP contribution >= 0.6 is 0 Å². The summed E-state index contributed by atoms with van der Waals surface area (Å²) in [7, 11) is 0. The topological polar surface area (TPSA) is 61.4 Å². The van der Waals surface area contributed by atoms with Gasteiger partial charge in [-0.2, -0.15) is 0 Å². The Hall–Kier alpha value is -2.04. The number of benzene rings is 1. The highest BCUT2D eigenvalue weighted by molar-refractivity contribution is 5.79. The second-order valence-electron chi connectivity index (χ2n) is 5.46. The van der Waals surface area contributed by atoms with E-state index in [1.807, 2.05) is 13.0 Å². The summed E-state index contributed by atoms with van der Waals surface area (Å²) < 4.78 is 11.6. The van der Waals surface area contributed by atoms with Gasteiger partial charge in [-0.05, 0) is 39.3 Å². The van der Waals surface area contributed by atoms with Crippen molar-refractivity contribution < 1.29 is 13.9 Å². The van der Waals surface area contributed by atoms with Crippen LogP contribution in [0.25, 0.3) is 11.1 Å². The molecular formula is C14H17NO4. The van der Waals surface area contributed by atoms with Gasteiger partial charge in [0.2, 0.25) is 0 Å². The summed E-state index contributed by atoms with van der Waals surface area (Å²) in [6.07, 6.45) is 0. The highest BCUT2D eigenvalue weighted by Gasteiger charge is 2.19. The molecule has 0 saturated heterocycles. The van der Waals surface area contributed by atoms with Gasteiger partial charge < -0.3 is 9.15 Å². The van der Waals surface area contributed by atoms with Crippen molar-refractivity contribution in [3.63, 3.8) is 0 Å². The van der Waals surface area contributed by atoms with Crippen molar-refractivity contribution in [3.8, 4) is 0 Å². The molecular weight excluding hydrogens is 246 g/mol. The van der Waals surface area contributed by atoms with E-state index < -0.39 is 17.3 Å². The van der Waals surface area contributed by atoms with Crippen molar-refractivity contribution in [2.24, 2.45) is 0 Å². The molecule has 102 valence electrons. The lowest BCUT2D eigenvalue weighted by Crippen LogP contribution is -2.29. The van der Waals surface area contributed by atoms with E-state index in [-0.39, 0.29) is 6.54 Å². The van der Waals surface area contributed by atoms with E-state index in [0.29, 0.717) is 11.1 Å². The van der Waals surface area contributed by atoms with Crippen LogP contribution in [0.4, 0.5) is 0 Å². The van der Waals surface area contributed by atoms with Gasteiger partial charge in [0.05, 0.1) is 5.52 Å². The number of hydrogen-bond acceptors (Lipinski definition) is 4. The number of oxazole rings is 1. The molecule has 5 nitrogen and oxygen atoms in total. The number of nitrogens with zero attached hydrogens (tertiary/aromatic N) is 1. The molecule has 1 aromatic carbocycles. The van der Waals surface area contributed by atoms with Crippen LogP contribution in [-0.4, -0.2) is 16.1 Å². The molecule has 0 aliphatic carbocycles. The fourth-order valence-corrected chi connectivity index (χ4v) is 1.95. The third kappa shape index (κ3) is 2.86. The largest absolute Gasteiger partial charge is 0.459 e. The lowest BCUT2D eigenvalue weighted by molar-refractivity contribution is -0.155. The number of para-hydroxylation sites is 1. The van der Waals surface area contributed by atoms with Crippen molar-refractivity contribution in [1.82, 2.24) is 4.57 Å². The van der Waals surface area contributed by atoms with Crippen LogP contribution in [0.2, 0.25) is 0 Å². The molecule has 2 rings (SSSR count). The minimum Gasteiger partial charge on any atom is -0.459 e. The van der Waals surface area contributed by atoms with Crippen molar-refractivity contribution in [2.45, 2.75) is 39.8 Å². The van der Waals surface area contributed by atoms with Crippen molar-refractivity contribution in [3.05, 3.63) is 34.3 Å². The summed E-state index contributed by atoms with van der Waals surface area (Å²) in [6.45, 7) is 7.07. The Bertz CT molecular complexity index is 673. The normalized spacial score (nSPS) is 11.8. The van der Waals surface area contributed by atoms with Gasteiger partial charge in [0, 0.05) is 0 Å². The predicted octanol–water partition coefficient (Wildman–Crippen LogP) is 2.24. The predicted molar refractivity (Wildman–Crippen MR) is 71.1 cm³/mol. The summed E-state index contributed by atoms with van der Waals surface area (Å²) in [5.41, 5.74) is 1.42. The molecule has 0 saturated carbocycles. The van der Waals surface area contributed by atoms with Crippen LogP contribution in [0.15, 0.2) is 27.4 Å². The maximum atomic E-state index is 11.8. The average Bonchev–Trinajstić information content (AvgIpc) is 2.54. The molecule has 0 N–H and O–H groups in total. The Kier molecular flexibility index (Phi) is 3.22. The molecule has 19 heavy (non-hydrogen) atoms. The summed E-state index contributed by atoms with van der Waals surface area (Å²) >= 11 is 0. The highest BCUT2D eigenvalue weighted by Crippen LogP contribution is 2.17. The van der Waals surface area contributed by atoms with Crippen molar-refractivity contribution in [1.29, 1.82) is 0 Å². The number of aryl methyl sites for hydroxylation is 1. The van der Waals surface area contributed by atoms with E-state index in [1.54, 1.807) is 32.9 Å². The SMILES string of the molecule is Cc1cccc2oc(=O)n(CC(=O)OC(C)(C)C)c12. The second-order valence-corrected chi connectivity index (χ2v) is 5.46. The lowest BCUT2D eigenvalue weighted by Gasteiger charge is -2.19. The van der Waals surface area contributed by atoms with E-state index in [9.17, 15) is 9.59 Å². The van der Waals surface area contributed by atoms with Crippen molar-refractivity contribution >= 4 is 17.1 Å². The summed E-state index contributed by atoms with van der Waals surface area (Å²) in [6, 6.07) is 5.37. The molecule has 0 radical (unpaired) electrons. The molecule has 0 atom stereocenters. The van der Waals surface area contributed by atoms with Crippen LogP contribution in [0, 0.1) is 6.92 Å². The van der Waals surface area contributed by atoms with Gasteiger partial charge in [-0.15, -0.1) is 0 Å². The average molecular weight is 263 g/mol. The number of hydrogen-bond donors (Lipinski definition) is 0. The van der Waals surface area contributed by atoms with Crippen molar-refractivity contribution in [2.75, 3.05) is 0 Å². The minimum atomic E-state index is -0.574. The molecule has 1 heterocycles. The van der Waals surface area contributed by atoms with Gasteiger partial charge in [-0.1, -0.05) is 12.1 Å². The van der Waals surface area contributed by atoms with Crippen LogP contribution in [0.1, 0.15) is 26.3 Å². The molecule has 0 bridgehead atoms. The van der Waals surface area contributed by atoms with E-state index in [2.05, 4.69) is 0 Å². The highest BCUT2D eigenvalue weighted by atomic mass is 16.6. The maximum absolute atomic E-state index is 11.8. The van der Waals surface area contributed by atoms with Crippen LogP contribution in [0.3, 0.4) is 0 Å². The number of carbonyl (C=O) groups excluding carboxylic acids is 1. The third-order valence-electron chi connectivity index (χ3n) is 2.60. The van der Waals surface area contributed by atoms with Gasteiger partial charge in [0.25, 0.3) is 0 Å². The Balaban J connectivity index is 2.38. The van der Waals surface area contributed by atoms with Gasteiger partial charge in [-0.3, -0.25) is 9.36 Å². The first-order valence-electron chi connectivity index (χ1n) is 6.09. The number of fused-ring (bicyclic) bond motifs is 1. The number of ether oxygens (including phenoxy) is 1. The van der Waals surface area contributed by atoms with E-state index in [1.165, 1.54) is 4.57 Å². The summed E-state index contributed by atoms with van der Waals surface area (Å²) in [4.78, 5) is 23.6. The molecule has 1 aromatic heterocycles. The van der Waals surface area contributed by atoms with E-state index >= 15 is 0 Å². The van der Waals surface area contributed by atoms with Crippen LogP contribution in [0.5, 0.6) is 0 Å². The molecule has 0 aliphatic heterocycles. The number of rotatable bonds is 2. The van der Waals surface area contributed by atoms with Gasteiger partial charge >= 0.3 is 11.7 Å². The molecule has 0 spiro atoms. The van der Waals surface area contributed by atoms with Crippen LogP contribution < -0.4 is 5.76 Å². The smallest absolute Gasteiger partial charge is 0.420 e. The molecule has 2 aromatic rings. The molecule has 0 aliphatic rings. The molecule has 0 amide bonds. The Morgan fingerprint density at radius 1 is 1.37 bits per heavy atom. The van der Waals surface area contributed by atoms with Gasteiger partial charge in [0.15, 0.2) is 5.58 Å². The molecule has 5 heteroatoms. The Morgan fingerprint density at radius 2 is 2.05 bits per heavy atom. The Labute approximate surface area is 110 Å². The summed E-state index contributed by atoms with van der Waals surface area (Å²) in [5, 5.41) is 0. The van der Waals surface area contributed by atoms with E-state index in [4.69, 9.17) is 9.15 Å². The second kappa shape index (κ2) is 4.57. The first-order valence-corrected chi connectivity index (χ1v) is 6.09. The van der Waals surface area contributed by atoms with Gasteiger partial charge in [0.1, 0.15) is 12.1 Å². The first-order chi connectivity index (χ1) is 8.78. The number of aromatic nitrogens is 1. The minimum absolute atomic E-state index is 0.145. The summed E-state index contributed by atoms with van der Waals surface area (Å²) in [5.74, 6) is -1.00. The first kappa shape index (κ1) is 13.4. The van der Waals surface area contributed by atoms with Gasteiger partial charge in [-0.25, -0.2) is 4.79 Å². The quantitative estimate of drug-likeness (QED) is 0.780. The zero-order chi connectivity index (χ0) is 14.2. The van der Waals surface area contributed by atoms with E-state index in [0.717, 1.165) is 5.56 Å². The third-order valence-corrected chi connectivity index (χ3v) is 2.60. The Morgan fingerprint density at radius 3 is 2.68 bits per heavy atom. The fourth-order valence-electron chi connectivity index (χ4n) is 1.95. The zero-order valence-corrected chi connectivity index (χ0v) is 11.5. The number of esters is 1. The standard InChI is InChI=1S/C14H17NO4/c1-9-6-5-7-10-12(9)15(13(17)18-10)8-11(16)19-14(2,3)4/h5-7H,8H2,1-4H3. The monoisotopic (exact) mass is 263 g/mol. The fraction of sp³-hybridized carbons (Fsp3) is 0.429. The molecule has 0 unspecified atom stereocenters. The maximum Gasteiger partial charge on any atom is 0.420 e. The molecule has 0 fully saturated rings. The zero-order valence-electron chi connectivity index (χ0n) is 11.5. The number of carbonyl (C=O) groups is 1. The van der Waals surface area contributed by atoms with Crippen LogP contribution in [-0.2, 0) is 16.1 Å². The lowest BCUT2D eigenvalue weighted by atomic mass is 10.2.